The van der Waals surface area contributed by atoms with E-state index < -0.39 is 5.91 Å². The quantitative estimate of drug-likeness (QED) is 0.717. The van der Waals surface area contributed by atoms with Crippen LogP contribution in [-0.4, -0.2) is 38.9 Å². The topological polar surface area (TPSA) is 80.0 Å². The molecule has 2 aromatic carbocycles. The van der Waals surface area contributed by atoms with E-state index in [0.29, 0.717) is 21.6 Å². The third-order valence-electron chi connectivity index (χ3n) is 3.38. The van der Waals surface area contributed by atoms with Gasteiger partial charge >= 0.3 is 0 Å². The molecule has 0 aliphatic carbocycles. The monoisotopic (exact) mass is 376 g/mol. The second-order valence-corrected chi connectivity index (χ2v) is 6.01. The van der Waals surface area contributed by atoms with Gasteiger partial charge in [0.15, 0.2) is 5.82 Å². The highest BCUT2D eigenvalue weighted by Crippen LogP contribution is 2.23. The zero-order chi connectivity index (χ0) is 17.8. The molecule has 8 heteroatoms. The average molecular weight is 377 g/mol. The lowest BCUT2D eigenvalue weighted by Gasteiger charge is -2.06. The lowest BCUT2D eigenvalue weighted by molar-refractivity contribution is 0.0934. The maximum atomic E-state index is 12.1. The molecule has 6 nitrogen and oxygen atoms in total. The largest absolute Gasteiger partial charge is 0.395 e. The average Bonchev–Trinajstić information content (AvgIpc) is 3.06. The molecule has 1 aromatic heterocycles. The van der Waals surface area contributed by atoms with E-state index in [2.05, 4.69) is 15.4 Å². The van der Waals surface area contributed by atoms with E-state index in [1.807, 2.05) is 0 Å². The smallest absolute Gasteiger partial charge is 0.291 e. The summed E-state index contributed by atoms with van der Waals surface area (Å²) in [5.74, 6) is 0.0402. The van der Waals surface area contributed by atoms with Gasteiger partial charge in [0.2, 0.25) is 5.82 Å². The fourth-order valence-corrected chi connectivity index (χ4v) is 2.46. The summed E-state index contributed by atoms with van der Waals surface area (Å²) < 4.78 is 1.56. The molecule has 128 valence electrons. The summed E-state index contributed by atoms with van der Waals surface area (Å²) in [4.78, 5) is 16.5. The van der Waals surface area contributed by atoms with E-state index in [-0.39, 0.29) is 19.0 Å². The first kappa shape index (κ1) is 17.4. The Balaban J connectivity index is 2.07. The van der Waals surface area contributed by atoms with Crippen LogP contribution >= 0.6 is 23.2 Å². The van der Waals surface area contributed by atoms with Gasteiger partial charge in [-0.2, -0.15) is 0 Å². The first-order chi connectivity index (χ1) is 12.1. The highest BCUT2D eigenvalue weighted by molar-refractivity contribution is 6.30. The van der Waals surface area contributed by atoms with Crippen molar-refractivity contribution < 1.29 is 9.90 Å². The maximum Gasteiger partial charge on any atom is 0.291 e. The van der Waals surface area contributed by atoms with Crippen LogP contribution in [0.2, 0.25) is 10.0 Å². The van der Waals surface area contributed by atoms with Crippen molar-refractivity contribution in [3.05, 3.63) is 64.4 Å². The number of aromatic nitrogens is 3. The van der Waals surface area contributed by atoms with Gasteiger partial charge in [-0.3, -0.25) is 4.79 Å². The fourth-order valence-electron chi connectivity index (χ4n) is 2.20. The van der Waals surface area contributed by atoms with E-state index >= 15 is 0 Å². The number of aliphatic hydroxyl groups excluding tert-OH is 1. The summed E-state index contributed by atoms with van der Waals surface area (Å²) in [6.07, 6.45) is 0. The van der Waals surface area contributed by atoms with Crippen LogP contribution < -0.4 is 5.32 Å². The molecular weight excluding hydrogens is 363 g/mol. The molecule has 0 fully saturated rings. The van der Waals surface area contributed by atoms with Gasteiger partial charge in [-0.15, -0.1) is 5.10 Å². The minimum Gasteiger partial charge on any atom is -0.395 e. The number of nitrogens with one attached hydrogen (secondary N) is 1. The summed E-state index contributed by atoms with van der Waals surface area (Å²) >= 11 is 11.9. The molecule has 0 saturated carbocycles. The third kappa shape index (κ3) is 3.99. The molecule has 0 saturated heterocycles. The van der Waals surface area contributed by atoms with Gasteiger partial charge in [0.25, 0.3) is 5.91 Å². The highest BCUT2D eigenvalue weighted by Gasteiger charge is 2.18. The molecule has 3 rings (SSSR count). The molecule has 0 aliphatic heterocycles. The van der Waals surface area contributed by atoms with Crippen molar-refractivity contribution in [3.63, 3.8) is 0 Å². The SMILES string of the molecule is O=C(NCCO)c1nc(-c2ccc(Cl)cc2)n(-c2ccc(Cl)cc2)n1. The number of rotatable bonds is 5. The molecule has 0 unspecified atom stereocenters. The van der Waals surface area contributed by atoms with Gasteiger partial charge in [0, 0.05) is 22.2 Å². The summed E-state index contributed by atoms with van der Waals surface area (Å²) in [5, 5.41) is 16.9. The van der Waals surface area contributed by atoms with Crippen LogP contribution in [0.1, 0.15) is 10.6 Å². The van der Waals surface area contributed by atoms with Crippen LogP contribution in [-0.2, 0) is 0 Å². The standard InChI is InChI=1S/C17H14Cl2N4O2/c18-12-3-1-11(2-4-12)16-21-15(17(25)20-9-10-24)22-23(16)14-7-5-13(19)6-8-14/h1-8,24H,9-10H2,(H,20,25). The number of aliphatic hydroxyl groups is 1. The molecule has 25 heavy (non-hydrogen) atoms. The van der Waals surface area contributed by atoms with Crippen LogP contribution in [0, 0.1) is 0 Å². The maximum absolute atomic E-state index is 12.1. The Morgan fingerprint density at radius 2 is 1.64 bits per heavy atom. The molecule has 0 aliphatic rings. The number of nitrogens with zero attached hydrogens (tertiary/aromatic N) is 3. The number of hydrogen-bond acceptors (Lipinski definition) is 4. The molecule has 1 heterocycles. The number of carbonyl (C=O) groups is 1. The second-order valence-electron chi connectivity index (χ2n) is 5.13. The Labute approximate surface area is 154 Å². The zero-order valence-electron chi connectivity index (χ0n) is 13.0. The van der Waals surface area contributed by atoms with Crippen LogP contribution in [0.25, 0.3) is 17.1 Å². The Morgan fingerprint density at radius 1 is 1.04 bits per heavy atom. The minimum atomic E-state index is -0.461. The Bertz CT molecular complexity index is 814. The molecule has 0 spiro atoms. The van der Waals surface area contributed by atoms with Gasteiger partial charge in [0.05, 0.1) is 12.3 Å². The Hall–Kier alpha value is -2.41. The number of benzene rings is 2. The summed E-state index contributed by atoms with van der Waals surface area (Å²) in [6.45, 7) is -0.0295. The first-order valence-electron chi connectivity index (χ1n) is 7.46. The predicted octanol–water partition coefficient (Wildman–Crippen LogP) is 2.96. The second kappa shape index (κ2) is 7.65. The molecule has 0 atom stereocenters. The van der Waals surface area contributed by atoms with E-state index in [1.54, 1.807) is 53.2 Å². The lowest BCUT2D eigenvalue weighted by Crippen LogP contribution is -2.27. The van der Waals surface area contributed by atoms with E-state index in [1.165, 1.54) is 0 Å². The van der Waals surface area contributed by atoms with Crippen LogP contribution in [0.15, 0.2) is 48.5 Å². The van der Waals surface area contributed by atoms with Crippen molar-refractivity contribution in [3.8, 4) is 17.1 Å². The molecule has 1 amide bonds. The van der Waals surface area contributed by atoms with Crippen molar-refractivity contribution in [2.75, 3.05) is 13.2 Å². The zero-order valence-corrected chi connectivity index (χ0v) is 14.5. The summed E-state index contributed by atoms with van der Waals surface area (Å²) in [5.41, 5.74) is 1.47. The lowest BCUT2D eigenvalue weighted by atomic mass is 10.2. The van der Waals surface area contributed by atoms with Crippen LogP contribution in [0.4, 0.5) is 0 Å². The molecule has 0 bridgehead atoms. The Kier molecular flexibility index (Phi) is 5.33. The van der Waals surface area contributed by atoms with Crippen molar-refractivity contribution in [1.29, 1.82) is 0 Å². The van der Waals surface area contributed by atoms with Gasteiger partial charge in [-0.25, -0.2) is 9.67 Å². The number of hydrogen-bond donors (Lipinski definition) is 2. The number of halogens is 2. The van der Waals surface area contributed by atoms with Crippen molar-refractivity contribution in [1.82, 2.24) is 20.1 Å². The van der Waals surface area contributed by atoms with Gasteiger partial charge in [-0.05, 0) is 48.5 Å². The minimum absolute atomic E-state index is 0.00773. The summed E-state index contributed by atoms with van der Waals surface area (Å²) in [6, 6.07) is 14.1. The molecule has 3 aromatic rings. The van der Waals surface area contributed by atoms with Crippen molar-refractivity contribution in [2.45, 2.75) is 0 Å². The van der Waals surface area contributed by atoms with Gasteiger partial charge < -0.3 is 10.4 Å². The van der Waals surface area contributed by atoms with Crippen LogP contribution in [0.3, 0.4) is 0 Å². The van der Waals surface area contributed by atoms with Crippen LogP contribution in [0.5, 0.6) is 0 Å². The highest BCUT2D eigenvalue weighted by atomic mass is 35.5. The van der Waals surface area contributed by atoms with Crippen molar-refractivity contribution >= 4 is 29.1 Å². The van der Waals surface area contributed by atoms with E-state index in [0.717, 1.165) is 5.56 Å². The first-order valence-corrected chi connectivity index (χ1v) is 8.22. The molecular formula is C17H14Cl2N4O2. The number of amides is 1. The fraction of sp³-hybridized carbons (Fsp3) is 0.118. The van der Waals surface area contributed by atoms with E-state index in [4.69, 9.17) is 28.3 Å². The van der Waals surface area contributed by atoms with E-state index in [9.17, 15) is 4.79 Å². The van der Waals surface area contributed by atoms with Crippen molar-refractivity contribution in [2.24, 2.45) is 0 Å². The van der Waals surface area contributed by atoms with Gasteiger partial charge in [0.1, 0.15) is 0 Å². The predicted molar refractivity (Wildman–Crippen MR) is 96.2 cm³/mol. The third-order valence-corrected chi connectivity index (χ3v) is 3.89. The van der Waals surface area contributed by atoms with Gasteiger partial charge in [-0.1, -0.05) is 23.2 Å². The Morgan fingerprint density at radius 3 is 2.24 bits per heavy atom. The molecule has 0 radical (unpaired) electrons. The summed E-state index contributed by atoms with van der Waals surface area (Å²) in [7, 11) is 0. The normalized spacial score (nSPS) is 10.7. The molecule has 2 N–H and O–H groups in total. The number of carbonyl (C=O) groups excluding carboxylic acids is 1.